The minimum Gasteiger partial charge on any atom is -0.478 e. The molecule has 0 saturated heterocycles. The van der Waals surface area contributed by atoms with Crippen molar-refractivity contribution in [3.63, 3.8) is 0 Å². The monoisotopic (exact) mass is 523 g/mol. The Balaban J connectivity index is 1.70. The van der Waals surface area contributed by atoms with E-state index >= 15 is 0 Å². The van der Waals surface area contributed by atoms with Crippen LogP contribution < -0.4 is 4.90 Å². The third-order valence-electron chi connectivity index (χ3n) is 7.98. The summed E-state index contributed by atoms with van der Waals surface area (Å²) in [5, 5.41) is 10.8. The highest BCUT2D eigenvalue weighted by atomic mass is 16.4. The smallest absolute Gasteiger partial charge is 0.335 e. The molecule has 0 aliphatic heterocycles. The van der Waals surface area contributed by atoms with E-state index in [2.05, 4.69) is 65.0 Å². The SMILES string of the molecule is CN(C)C(=O)Cn1c(-c2cccc(N(C)Cc3ccccc3)c2)c(C2CCCCC2)c2ccc(C(=O)O)cc21. The minimum absolute atomic E-state index is 0.0265. The Morgan fingerprint density at radius 2 is 1.64 bits per heavy atom. The molecule has 1 N–H and O–H groups in total. The molecule has 0 unspecified atom stereocenters. The van der Waals surface area contributed by atoms with Crippen molar-refractivity contribution in [1.82, 2.24) is 9.47 Å². The number of hydrogen-bond acceptors (Lipinski definition) is 3. The number of carboxylic acids is 1. The van der Waals surface area contributed by atoms with Crippen LogP contribution in [0.15, 0.2) is 72.8 Å². The molecule has 0 atom stereocenters. The lowest BCUT2D eigenvalue weighted by Crippen LogP contribution is -2.26. The summed E-state index contributed by atoms with van der Waals surface area (Å²) in [4.78, 5) is 28.9. The fraction of sp³-hybridized carbons (Fsp3) is 0.333. The van der Waals surface area contributed by atoms with Crippen molar-refractivity contribution in [2.45, 2.75) is 51.1 Å². The largest absolute Gasteiger partial charge is 0.478 e. The normalized spacial score (nSPS) is 13.9. The quantitative estimate of drug-likeness (QED) is 0.277. The first-order valence-electron chi connectivity index (χ1n) is 13.8. The van der Waals surface area contributed by atoms with Crippen LogP contribution in [0.2, 0.25) is 0 Å². The summed E-state index contributed by atoms with van der Waals surface area (Å²) < 4.78 is 2.06. The number of hydrogen-bond donors (Lipinski definition) is 1. The zero-order chi connectivity index (χ0) is 27.5. The molecule has 202 valence electrons. The molecule has 3 aromatic carbocycles. The molecule has 1 amide bonds. The van der Waals surface area contributed by atoms with Crippen molar-refractivity contribution in [1.29, 1.82) is 0 Å². The van der Waals surface area contributed by atoms with E-state index < -0.39 is 5.97 Å². The summed E-state index contributed by atoms with van der Waals surface area (Å²) in [6.45, 7) is 0.933. The van der Waals surface area contributed by atoms with Crippen molar-refractivity contribution >= 4 is 28.5 Å². The molecule has 4 aromatic rings. The summed E-state index contributed by atoms with van der Waals surface area (Å²) in [6.07, 6.45) is 5.80. The number of fused-ring (bicyclic) bond motifs is 1. The van der Waals surface area contributed by atoms with Crippen LogP contribution in [0, 0.1) is 0 Å². The van der Waals surface area contributed by atoms with E-state index in [1.165, 1.54) is 30.4 Å². The third-order valence-corrected chi connectivity index (χ3v) is 7.98. The molecule has 1 fully saturated rings. The van der Waals surface area contributed by atoms with Gasteiger partial charge in [-0.15, -0.1) is 0 Å². The second kappa shape index (κ2) is 11.4. The molecular weight excluding hydrogens is 486 g/mol. The van der Waals surface area contributed by atoms with E-state index in [0.29, 0.717) is 5.92 Å². The van der Waals surface area contributed by atoms with Crippen molar-refractivity contribution in [2.24, 2.45) is 0 Å². The Morgan fingerprint density at radius 3 is 2.33 bits per heavy atom. The Bertz CT molecular complexity index is 1480. The van der Waals surface area contributed by atoms with Crippen LogP contribution in [0.5, 0.6) is 0 Å². The molecule has 1 saturated carbocycles. The lowest BCUT2D eigenvalue weighted by atomic mass is 9.81. The van der Waals surface area contributed by atoms with Crippen LogP contribution in [0.3, 0.4) is 0 Å². The van der Waals surface area contributed by atoms with Gasteiger partial charge in [-0.25, -0.2) is 4.79 Å². The molecule has 1 aromatic heterocycles. The highest BCUT2D eigenvalue weighted by molar-refractivity contribution is 5.99. The topological polar surface area (TPSA) is 65.8 Å². The van der Waals surface area contributed by atoms with Gasteiger partial charge < -0.3 is 19.5 Å². The van der Waals surface area contributed by atoms with E-state index in [1.54, 1.807) is 31.1 Å². The van der Waals surface area contributed by atoms with Gasteiger partial charge in [-0.05, 0) is 54.2 Å². The molecule has 5 rings (SSSR count). The van der Waals surface area contributed by atoms with Gasteiger partial charge in [0.1, 0.15) is 6.54 Å². The van der Waals surface area contributed by atoms with Gasteiger partial charge in [-0.3, -0.25) is 4.79 Å². The number of nitrogens with zero attached hydrogens (tertiary/aromatic N) is 3. The Hall–Kier alpha value is -4.06. The zero-order valence-corrected chi connectivity index (χ0v) is 23.1. The van der Waals surface area contributed by atoms with E-state index in [9.17, 15) is 14.7 Å². The maximum atomic E-state index is 13.1. The second-order valence-electron chi connectivity index (χ2n) is 10.9. The van der Waals surface area contributed by atoms with Crippen LogP contribution in [-0.2, 0) is 17.9 Å². The van der Waals surface area contributed by atoms with Crippen LogP contribution >= 0.6 is 0 Å². The summed E-state index contributed by atoms with van der Waals surface area (Å²) >= 11 is 0. The van der Waals surface area contributed by atoms with Gasteiger partial charge in [0.05, 0.1) is 16.8 Å². The molecular formula is C33H37N3O3. The number of carbonyl (C=O) groups is 2. The Labute approximate surface area is 230 Å². The number of likely N-dealkylation sites (N-methyl/N-ethyl adjacent to an activating group) is 1. The number of aromatic nitrogens is 1. The number of anilines is 1. The number of amides is 1. The minimum atomic E-state index is -0.964. The first-order chi connectivity index (χ1) is 18.8. The first kappa shape index (κ1) is 26.5. The number of carbonyl (C=O) groups excluding carboxylic acids is 1. The van der Waals surface area contributed by atoms with Gasteiger partial charge in [0.25, 0.3) is 0 Å². The first-order valence-corrected chi connectivity index (χ1v) is 13.8. The fourth-order valence-corrected chi connectivity index (χ4v) is 5.91. The summed E-state index contributed by atoms with van der Waals surface area (Å²) in [7, 11) is 5.62. The molecule has 1 aliphatic carbocycles. The molecule has 0 spiro atoms. The van der Waals surface area contributed by atoms with Gasteiger partial charge in [0, 0.05) is 44.3 Å². The Morgan fingerprint density at radius 1 is 0.897 bits per heavy atom. The summed E-state index contributed by atoms with van der Waals surface area (Å²) in [5.74, 6) is -0.622. The third kappa shape index (κ3) is 5.56. The van der Waals surface area contributed by atoms with Crippen LogP contribution in [0.25, 0.3) is 22.2 Å². The number of rotatable bonds is 8. The molecule has 1 aliphatic rings. The van der Waals surface area contributed by atoms with Crippen molar-refractivity contribution in [3.8, 4) is 11.3 Å². The van der Waals surface area contributed by atoms with Gasteiger partial charge in [0.15, 0.2) is 0 Å². The fourth-order valence-electron chi connectivity index (χ4n) is 5.91. The highest BCUT2D eigenvalue weighted by Gasteiger charge is 2.28. The predicted molar refractivity (Wildman–Crippen MR) is 157 cm³/mol. The standard InChI is InChI=1S/C33H37N3O3/c1-34(2)30(37)22-36-29-20-26(33(38)39)17-18-28(29)31(24-13-8-5-9-14-24)32(36)25-15-10-16-27(19-25)35(3)21-23-11-6-4-7-12-23/h4,6-7,10-12,15-20,24H,5,8-9,13-14,21-22H2,1-3H3,(H,38,39). The molecule has 39 heavy (non-hydrogen) atoms. The molecule has 6 heteroatoms. The number of aromatic carboxylic acids is 1. The van der Waals surface area contributed by atoms with E-state index in [0.717, 1.165) is 47.2 Å². The van der Waals surface area contributed by atoms with Gasteiger partial charge >= 0.3 is 5.97 Å². The van der Waals surface area contributed by atoms with Crippen LogP contribution in [0.1, 0.15) is 59.5 Å². The maximum absolute atomic E-state index is 13.1. The average molecular weight is 524 g/mol. The molecule has 0 radical (unpaired) electrons. The average Bonchev–Trinajstić information content (AvgIpc) is 3.27. The van der Waals surface area contributed by atoms with Crippen molar-refractivity contribution < 1.29 is 14.7 Å². The van der Waals surface area contributed by atoms with Gasteiger partial charge in [0.2, 0.25) is 5.91 Å². The second-order valence-corrected chi connectivity index (χ2v) is 10.9. The molecule has 0 bridgehead atoms. The van der Waals surface area contributed by atoms with Crippen LogP contribution in [0.4, 0.5) is 5.69 Å². The Kier molecular flexibility index (Phi) is 7.73. The highest BCUT2D eigenvalue weighted by Crippen LogP contribution is 2.45. The number of carboxylic acid groups (broad SMARTS) is 1. The summed E-state index contributed by atoms with van der Waals surface area (Å²) in [6, 6.07) is 24.3. The predicted octanol–water partition coefficient (Wildman–Crippen LogP) is 6.78. The maximum Gasteiger partial charge on any atom is 0.335 e. The lowest BCUT2D eigenvalue weighted by Gasteiger charge is -2.25. The number of benzene rings is 3. The van der Waals surface area contributed by atoms with Crippen molar-refractivity contribution in [3.05, 3.63) is 89.5 Å². The van der Waals surface area contributed by atoms with E-state index in [4.69, 9.17) is 0 Å². The van der Waals surface area contributed by atoms with Crippen LogP contribution in [-0.4, -0.2) is 47.6 Å². The zero-order valence-electron chi connectivity index (χ0n) is 23.1. The van der Waals surface area contributed by atoms with Gasteiger partial charge in [-0.1, -0.05) is 67.8 Å². The summed E-state index contributed by atoms with van der Waals surface area (Å²) in [5.41, 5.74) is 6.70. The lowest BCUT2D eigenvalue weighted by molar-refractivity contribution is -0.129. The van der Waals surface area contributed by atoms with Crippen molar-refractivity contribution in [2.75, 3.05) is 26.0 Å². The van der Waals surface area contributed by atoms with E-state index in [1.807, 2.05) is 12.1 Å². The molecule has 6 nitrogen and oxygen atoms in total. The van der Waals surface area contributed by atoms with Gasteiger partial charge in [-0.2, -0.15) is 0 Å². The van der Waals surface area contributed by atoms with E-state index in [-0.39, 0.29) is 18.0 Å². The molecule has 1 heterocycles.